The lowest BCUT2D eigenvalue weighted by Crippen LogP contribution is -2.46. The molecule has 2 heterocycles. The molecule has 28 heavy (non-hydrogen) atoms. The van der Waals surface area contributed by atoms with Crippen molar-refractivity contribution in [2.45, 2.75) is 30.3 Å². The van der Waals surface area contributed by atoms with Gasteiger partial charge in [-0.3, -0.25) is 4.79 Å². The van der Waals surface area contributed by atoms with Gasteiger partial charge in [-0.05, 0) is 66.3 Å². The fourth-order valence-corrected chi connectivity index (χ4v) is 5.40. The van der Waals surface area contributed by atoms with E-state index in [9.17, 15) is 4.79 Å². The summed E-state index contributed by atoms with van der Waals surface area (Å²) in [5, 5.41) is 1.25. The van der Waals surface area contributed by atoms with Gasteiger partial charge in [-0.15, -0.1) is 11.6 Å². The number of nitrogens with zero attached hydrogens (tertiary/aromatic N) is 1. The van der Waals surface area contributed by atoms with Crippen molar-refractivity contribution in [2.24, 2.45) is 0 Å². The van der Waals surface area contributed by atoms with Crippen LogP contribution in [0.5, 0.6) is 0 Å². The van der Waals surface area contributed by atoms with Gasteiger partial charge < -0.3 is 9.88 Å². The molecule has 4 rings (SSSR count). The highest BCUT2D eigenvalue weighted by Gasteiger charge is 2.38. The van der Waals surface area contributed by atoms with E-state index in [1.807, 2.05) is 11.0 Å². The number of aromatic amines is 1. The van der Waals surface area contributed by atoms with Crippen molar-refractivity contribution in [3.63, 3.8) is 0 Å². The second kappa shape index (κ2) is 7.16. The summed E-state index contributed by atoms with van der Waals surface area (Å²) < 4.78 is 0. The van der Waals surface area contributed by atoms with E-state index < -0.39 is 10.0 Å². The number of nitrogens with one attached hydrogen (secondary N) is 1. The van der Waals surface area contributed by atoms with Gasteiger partial charge in [0, 0.05) is 22.6 Å². The van der Waals surface area contributed by atoms with Crippen LogP contribution in [0.3, 0.4) is 0 Å². The Hall–Kier alpha value is -1.91. The highest BCUT2D eigenvalue weighted by molar-refractivity contribution is 8.32. The molecule has 0 saturated heterocycles. The first-order chi connectivity index (χ1) is 13.3. The molecule has 0 aliphatic carbocycles. The normalized spacial score (nSPS) is 20.2. The Balaban J connectivity index is 1.89. The highest BCUT2D eigenvalue weighted by atomic mass is 35.5. The molecule has 1 aromatic heterocycles. The zero-order valence-electron chi connectivity index (χ0n) is 16.8. The number of H-pyrrole nitrogens is 1. The minimum Gasteiger partial charge on any atom is -0.356 e. The second-order valence-electron chi connectivity index (χ2n) is 8.36. The summed E-state index contributed by atoms with van der Waals surface area (Å²) >= 11 is 6.00. The van der Waals surface area contributed by atoms with Crippen molar-refractivity contribution in [1.82, 2.24) is 9.88 Å². The smallest absolute Gasteiger partial charge is 0.238 e. The average Bonchev–Trinajstić information content (AvgIpc) is 3.04. The molecular weight excluding hydrogens is 388 g/mol. The SMILES string of the molecule is C[C@H]1Cc2c([nH]c3ccccc23)[C@@H](c2ccc(S(C)(C)C)cc2)N1C(=O)CCl. The van der Waals surface area contributed by atoms with Crippen molar-refractivity contribution in [3.8, 4) is 0 Å². The molecule has 0 unspecified atom stereocenters. The number of aromatic nitrogens is 1. The molecule has 0 fully saturated rings. The third-order valence-corrected chi connectivity index (χ3v) is 7.59. The zero-order valence-corrected chi connectivity index (χ0v) is 18.4. The Labute approximate surface area is 173 Å². The van der Waals surface area contributed by atoms with E-state index in [1.54, 1.807) is 0 Å². The van der Waals surface area contributed by atoms with Gasteiger partial charge in [-0.25, -0.2) is 10.0 Å². The van der Waals surface area contributed by atoms with Crippen LogP contribution >= 0.6 is 21.6 Å². The number of benzene rings is 2. The summed E-state index contributed by atoms with van der Waals surface area (Å²) in [6.45, 7) is 2.12. The minimum absolute atomic E-state index is 0.000620. The number of alkyl halides is 1. The first kappa shape index (κ1) is 19.4. The van der Waals surface area contributed by atoms with Crippen molar-refractivity contribution in [2.75, 3.05) is 24.6 Å². The van der Waals surface area contributed by atoms with Crippen LogP contribution in [0.4, 0.5) is 0 Å². The molecule has 0 saturated carbocycles. The standard InChI is InChI=1S/C23H27ClN2OS/c1-15-13-19-18-7-5-6-8-20(18)25-22(19)23(26(15)21(27)14-24)16-9-11-17(12-10-16)28(2,3)4/h5-12,15,23,25H,13-14H2,1-4H3/t15-,23+/m0/s1. The van der Waals surface area contributed by atoms with Gasteiger partial charge in [-0.1, -0.05) is 30.3 Å². The predicted octanol–water partition coefficient (Wildman–Crippen LogP) is 5.32. The maximum Gasteiger partial charge on any atom is 0.238 e. The van der Waals surface area contributed by atoms with Gasteiger partial charge in [-0.2, -0.15) is 0 Å². The first-order valence-electron chi connectivity index (χ1n) is 9.56. The van der Waals surface area contributed by atoms with E-state index in [2.05, 4.69) is 73.1 Å². The van der Waals surface area contributed by atoms with Gasteiger partial charge in [0.05, 0.1) is 6.04 Å². The number of para-hydroxylation sites is 1. The van der Waals surface area contributed by atoms with Gasteiger partial charge in [0.2, 0.25) is 5.91 Å². The monoisotopic (exact) mass is 414 g/mol. The van der Waals surface area contributed by atoms with Crippen molar-refractivity contribution in [3.05, 3.63) is 65.4 Å². The Morgan fingerprint density at radius 1 is 1.14 bits per heavy atom. The average molecular weight is 415 g/mol. The largest absolute Gasteiger partial charge is 0.356 e. The Morgan fingerprint density at radius 2 is 1.82 bits per heavy atom. The lowest BCUT2D eigenvalue weighted by Gasteiger charge is -2.41. The van der Waals surface area contributed by atoms with E-state index in [4.69, 9.17) is 11.6 Å². The Kier molecular flexibility index (Phi) is 4.96. The molecule has 3 nitrogen and oxygen atoms in total. The molecule has 0 radical (unpaired) electrons. The number of carbonyl (C=O) groups excluding carboxylic acids is 1. The molecule has 1 aliphatic rings. The summed E-state index contributed by atoms with van der Waals surface area (Å²) in [4.78, 5) is 19.7. The zero-order chi connectivity index (χ0) is 20.1. The lowest BCUT2D eigenvalue weighted by molar-refractivity contribution is -0.133. The molecule has 2 atom stereocenters. The third kappa shape index (κ3) is 3.23. The summed E-state index contributed by atoms with van der Waals surface area (Å²) in [6, 6.07) is 17.1. The molecule has 5 heteroatoms. The van der Waals surface area contributed by atoms with Gasteiger partial charge in [0.15, 0.2) is 0 Å². The Bertz CT molecular complexity index is 1020. The van der Waals surface area contributed by atoms with Crippen molar-refractivity contribution < 1.29 is 4.79 Å². The molecule has 1 aliphatic heterocycles. The van der Waals surface area contributed by atoms with Gasteiger partial charge in [0.25, 0.3) is 0 Å². The van der Waals surface area contributed by atoms with Crippen LogP contribution in [0.15, 0.2) is 53.4 Å². The topological polar surface area (TPSA) is 36.1 Å². The number of carbonyl (C=O) groups is 1. The molecule has 1 amide bonds. The first-order valence-corrected chi connectivity index (χ1v) is 13.0. The summed E-state index contributed by atoms with van der Waals surface area (Å²) in [5.74, 6) is -0.0188. The Morgan fingerprint density at radius 3 is 2.46 bits per heavy atom. The van der Waals surface area contributed by atoms with Crippen LogP contribution in [0, 0.1) is 0 Å². The van der Waals surface area contributed by atoms with Gasteiger partial charge >= 0.3 is 0 Å². The number of hydrogen-bond acceptors (Lipinski definition) is 1. The van der Waals surface area contributed by atoms with Crippen molar-refractivity contribution in [1.29, 1.82) is 0 Å². The van der Waals surface area contributed by atoms with Gasteiger partial charge in [0.1, 0.15) is 5.88 Å². The molecule has 0 spiro atoms. The number of halogens is 1. The summed E-state index contributed by atoms with van der Waals surface area (Å²) in [6.07, 6.45) is 7.72. The van der Waals surface area contributed by atoms with Crippen LogP contribution in [-0.4, -0.2) is 46.5 Å². The van der Waals surface area contributed by atoms with E-state index in [1.165, 1.54) is 15.8 Å². The fraction of sp³-hybridized carbons (Fsp3) is 0.348. The van der Waals surface area contributed by atoms with Crippen LogP contribution in [-0.2, 0) is 11.2 Å². The minimum atomic E-state index is -0.786. The van der Waals surface area contributed by atoms with Crippen LogP contribution in [0.2, 0.25) is 0 Å². The van der Waals surface area contributed by atoms with E-state index in [0.29, 0.717) is 0 Å². The number of rotatable bonds is 3. The lowest BCUT2D eigenvalue weighted by atomic mass is 9.88. The number of amides is 1. The molecule has 2 aromatic carbocycles. The summed E-state index contributed by atoms with van der Waals surface area (Å²) in [7, 11) is -0.786. The summed E-state index contributed by atoms with van der Waals surface area (Å²) in [5.41, 5.74) is 4.69. The maximum absolute atomic E-state index is 12.8. The number of hydrogen-bond donors (Lipinski definition) is 1. The molecule has 148 valence electrons. The molecule has 0 bridgehead atoms. The maximum atomic E-state index is 12.8. The molecule has 1 N–H and O–H groups in total. The second-order valence-corrected chi connectivity index (χ2v) is 12.8. The third-order valence-electron chi connectivity index (χ3n) is 5.68. The highest BCUT2D eigenvalue weighted by Crippen LogP contribution is 2.46. The van der Waals surface area contributed by atoms with E-state index >= 15 is 0 Å². The van der Waals surface area contributed by atoms with E-state index in [0.717, 1.165) is 23.2 Å². The quantitative estimate of drug-likeness (QED) is 0.578. The molecule has 3 aromatic rings. The fourth-order valence-electron chi connectivity index (χ4n) is 4.31. The van der Waals surface area contributed by atoms with Crippen LogP contribution in [0.1, 0.15) is 29.8 Å². The van der Waals surface area contributed by atoms with Crippen LogP contribution < -0.4 is 0 Å². The van der Waals surface area contributed by atoms with E-state index in [-0.39, 0.29) is 23.9 Å². The number of fused-ring (bicyclic) bond motifs is 3. The van der Waals surface area contributed by atoms with Crippen molar-refractivity contribution >= 4 is 38.4 Å². The van der Waals surface area contributed by atoms with Crippen LogP contribution in [0.25, 0.3) is 10.9 Å². The molecular formula is C23H27ClN2OS. The predicted molar refractivity (Wildman–Crippen MR) is 121 cm³/mol.